The third-order valence-electron chi connectivity index (χ3n) is 6.79. The predicted octanol–water partition coefficient (Wildman–Crippen LogP) is 5.60. The van der Waals surface area contributed by atoms with E-state index in [0.717, 1.165) is 37.7 Å². The van der Waals surface area contributed by atoms with E-state index in [1.165, 1.54) is 23.1 Å². The molecule has 0 saturated heterocycles. The largest absolute Gasteiger partial charge is 0.352 e. The minimum atomic E-state index is -0.793. The second kappa shape index (κ2) is 12.4. The summed E-state index contributed by atoms with van der Waals surface area (Å²) in [7, 11) is 0. The van der Waals surface area contributed by atoms with Gasteiger partial charge in [0.25, 0.3) is 0 Å². The standard InChI is InChI=1S/C30H32F2N2O2/c31-25-17-15-23(16-18-25)21-34(29(35)20-24-11-7-8-14-27(24)32)28(19-22-9-3-1-4-10-22)30(36)33-26-12-5-2-6-13-26/h1,3-4,7-11,14-18,26,28H,2,5-6,12-13,19-21H2,(H,33,36). The van der Waals surface area contributed by atoms with E-state index in [1.807, 2.05) is 30.3 Å². The summed E-state index contributed by atoms with van der Waals surface area (Å²) in [4.78, 5) is 28.9. The lowest BCUT2D eigenvalue weighted by atomic mass is 9.94. The summed E-state index contributed by atoms with van der Waals surface area (Å²) in [6, 6.07) is 20.9. The number of hydrogen-bond donors (Lipinski definition) is 1. The van der Waals surface area contributed by atoms with E-state index in [-0.39, 0.29) is 42.2 Å². The molecule has 0 aromatic heterocycles. The highest BCUT2D eigenvalue weighted by Gasteiger charge is 2.32. The molecule has 4 nitrogen and oxygen atoms in total. The van der Waals surface area contributed by atoms with Crippen LogP contribution in [0.25, 0.3) is 0 Å². The van der Waals surface area contributed by atoms with Crippen LogP contribution < -0.4 is 5.32 Å². The Morgan fingerprint density at radius 3 is 2.19 bits per heavy atom. The fraction of sp³-hybridized carbons (Fsp3) is 0.333. The van der Waals surface area contributed by atoms with Crippen LogP contribution in [0.15, 0.2) is 78.9 Å². The molecule has 1 atom stereocenters. The van der Waals surface area contributed by atoms with Crippen LogP contribution in [-0.2, 0) is 29.0 Å². The lowest BCUT2D eigenvalue weighted by Crippen LogP contribution is -2.53. The Kier molecular flexibility index (Phi) is 8.82. The van der Waals surface area contributed by atoms with Gasteiger partial charge in [-0.2, -0.15) is 0 Å². The molecule has 1 N–H and O–H groups in total. The van der Waals surface area contributed by atoms with Crippen LogP contribution in [-0.4, -0.2) is 28.8 Å². The van der Waals surface area contributed by atoms with Crippen LogP contribution in [0.1, 0.15) is 48.8 Å². The van der Waals surface area contributed by atoms with Crippen molar-refractivity contribution in [3.8, 4) is 0 Å². The number of rotatable bonds is 9. The molecular weight excluding hydrogens is 458 g/mol. The van der Waals surface area contributed by atoms with Gasteiger partial charge in [0, 0.05) is 19.0 Å². The second-order valence-corrected chi connectivity index (χ2v) is 9.47. The molecule has 2 amide bonds. The highest BCUT2D eigenvalue weighted by molar-refractivity contribution is 5.89. The van der Waals surface area contributed by atoms with Crippen LogP contribution in [0.2, 0.25) is 0 Å². The molecular formula is C30H32F2N2O2. The number of halogens is 2. The number of carbonyl (C=O) groups is 2. The van der Waals surface area contributed by atoms with Crippen molar-refractivity contribution in [1.82, 2.24) is 10.2 Å². The topological polar surface area (TPSA) is 49.4 Å². The van der Waals surface area contributed by atoms with Gasteiger partial charge in [-0.3, -0.25) is 9.59 Å². The van der Waals surface area contributed by atoms with E-state index in [0.29, 0.717) is 12.0 Å². The van der Waals surface area contributed by atoms with Crippen molar-refractivity contribution in [3.05, 3.63) is 107 Å². The van der Waals surface area contributed by atoms with Gasteiger partial charge in [0.1, 0.15) is 17.7 Å². The average molecular weight is 491 g/mol. The van der Waals surface area contributed by atoms with Gasteiger partial charge in [-0.25, -0.2) is 8.78 Å². The third kappa shape index (κ3) is 7.00. The lowest BCUT2D eigenvalue weighted by molar-refractivity contribution is -0.141. The average Bonchev–Trinajstić information content (AvgIpc) is 2.89. The molecule has 3 aromatic rings. The molecule has 188 valence electrons. The molecule has 1 aliphatic carbocycles. The number of benzene rings is 3. The van der Waals surface area contributed by atoms with E-state index in [1.54, 1.807) is 30.3 Å². The Hall–Kier alpha value is -3.54. The van der Waals surface area contributed by atoms with Gasteiger partial charge in [0.05, 0.1) is 6.42 Å². The Morgan fingerprint density at radius 2 is 1.50 bits per heavy atom. The molecule has 36 heavy (non-hydrogen) atoms. The maximum atomic E-state index is 14.4. The fourth-order valence-corrected chi connectivity index (χ4v) is 4.79. The molecule has 0 aliphatic heterocycles. The normalized spacial score (nSPS) is 14.7. The monoisotopic (exact) mass is 490 g/mol. The Balaban J connectivity index is 1.65. The van der Waals surface area contributed by atoms with Gasteiger partial charge in [0.15, 0.2) is 0 Å². The number of amides is 2. The molecule has 4 rings (SSSR count). The Morgan fingerprint density at radius 1 is 0.833 bits per heavy atom. The van der Waals surface area contributed by atoms with E-state index >= 15 is 0 Å². The highest BCUT2D eigenvalue weighted by Crippen LogP contribution is 2.21. The van der Waals surface area contributed by atoms with E-state index in [9.17, 15) is 18.4 Å². The molecule has 6 heteroatoms. The zero-order valence-corrected chi connectivity index (χ0v) is 20.3. The maximum Gasteiger partial charge on any atom is 0.243 e. The molecule has 0 bridgehead atoms. The van der Waals surface area contributed by atoms with Gasteiger partial charge in [-0.05, 0) is 47.7 Å². The summed E-state index contributed by atoms with van der Waals surface area (Å²) >= 11 is 0. The maximum absolute atomic E-state index is 14.4. The van der Waals surface area contributed by atoms with Gasteiger partial charge < -0.3 is 10.2 Å². The van der Waals surface area contributed by atoms with Crippen molar-refractivity contribution in [2.24, 2.45) is 0 Å². The summed E-state index contributed by atoms with van der Waals surface area (Å²) in [6.45, 7) is 0.114. The summed E-state index contributed by atoms with van der Waals surface area (Å²) in [5.41, 5.74) is 1.89. The van der Waals surface area contributed by atoms with Gasteiger partial charge >= 0.3 is 0 Å². The minimum Gasteiger partial charge on any atom is -0.352 e. The molecule has 0 radical (unpaired) electrons. The predicted molar refractivity (Wildman–Crippen MR) is 136 cm³/mol. The number of carbonyl (C=O) groups excluding carboxylic acids is 2. The summed E-state index contributed by atoms with van der Waals surface area (Å²) in [6.07, 6.45) is 5.30. The molecule has 1 fully saturated rings. The van der Waals surface area contributed by atoms with Crippen molar-refractivity contribution < 1.29 is 18.4 Å². The first-order chi connectivity index (χ1) is 17.5. The Bertz CT molecular complexity index is 1150. The summed E-state index contributed by atoms with van der Waals surface area (Å²) in [5, 5.41) is 3.18. The first kappa shape index (κ1) is 25.5. The van der Waals surface area contributed by atoms with Crippen LogP contribution in [0.3, 0.4) is 0 Å². The van der Waals surface area contributed by atoms with Crippen molar-refractivity contribution in [2.75, 3.05) is 0 Å². The van der Waals surface area contributed by atoms with Crippen LogP contribution >= 0.6 is 0 Å². The summed E-state index contributed by atoms with van der Waals surface area (Å²) in [5.74, 6) is -1.41. The van der Waals surface area contributed by atoms with Gasteiger partial charge in [0.2, 0.25) is 11.8 Å². The highest BCUT2D eigenvalue weighted by atomic mass is 19.1. The quantitative estimate of drug-likeness (QED) is 0.425. The SMILES string of the molecule is O=C(NC1CCCCC1)C(Cc1ccccc1)N(Cc1ccc(F)cc1)C(=O)Cc1ccccc1F. The van der Waals surface area contributed by atoms with Crippen molar-refractivity contribution in [2.45, 2.75) is 63.6 Å². The van der Waals surface area contributed by atoms with E-state index in [4.69, 9.17) is 0 Å². The van der Waals surface area contributed by atoms with E-state index in [2.05, 4.69) is 5.32 Å². The number of nitrogens with one attached hydrogen (secondary N) is 1. The molecule has 0 heterocycles. The van der Waals surface area contributed by atoms with Crippen LogP contribution in [0.4, 0.5) is 8.78 Å². The second-order valence-electron chi connectivity index (χ2n) is 9.47. The molecule has 3 aromatic carbocycles. The first-order valence-corrected chi connectivity index (χ1v) is 12.6. The smallest absolute Gasteiger partial charge is 0.243 e. The fourth-order valence-electron chi connectivity index (χ4n) is 4.79. The van der Waals surface area contributed by atoms with Crippen molar-refractivity contribution in [3.63, 3.8) is 0 Å². The zero-order valence-electron chi connectivity index (χ0n) is 20.3. The minimum absolute atomic E-state index is 0.0823. The Labute approximate surface area is 211 Å². The van der Waals surface area contributed by atoms with Gasteiger partial charge in [-0.15, -0.1) is 0 Å². The van der Waals surface area contributed by atoms with Crippen LogP contribution in [0.5, 0.6) is 0 Å². The molecule has 1 saturated carbocycles. The van der Waals surface area contributed by atoms with Crippen molar-refractivity contribution in [1.29, 1.82) is 0 Å². The lowest BCUT2D eigenvalue weighted by Gasteiger charge is -2.33. The van der Waals surface area contributed by atoms with E-state index < -0.39 is 11.9 Å². The van der Waals surface area contributed by atoms with Crippen LogP contribution in [0, 0.1) is 11.6 Å². The molecule has 1 unspecified atom stereocenters. The summed E-state index contributed by atoms with van der Waals surface area (Å²) < 4.78 is 28.0. The van der Waals surface area contributed by atoms with Gasteiger partial charge in [-0.1, -0.05) is 79.9 Å². The zero-order chi connectivity index (χ0) is 25.3. The number of nitrogens with zero attached hydrogens (tertiary/aromatic N) is 1. The molecule has 1 aliphatic rings. The first-order valence-electron chi connectivity index (χ1n) is 12.6. The molecule has 0 spiro atoms. The van der Waals surface area contributed by atoms with Crippen molar-refractivity contribution >= 4 is 11.8 Å². The third-order valence-corrected chi connectivity index (χ3v) is 6.79. The number of hydrogen-bond acceptors (Lipinski definition) is 2.